The standard InChI is InChI=1S/C24H28FN5O2S/c1-14(2)21(27-23(32)17-8-6-7-15(3)11-17)22-28-29-24(30(22)5)33-13-20(31)26-19-12-18(25)10-9-16(19)4/h6-12,14,21H,13H2,1-5H3,(H,26,31)(H,27,32)/t21-/m0/s1. The maximum absolute atomic E-state index is 13.5. The van der Waals surface area contributed by atoms with Gasteiger partial charge in [-0.25, -0.2) is 4.39 Å². The third kappa shape index (κ3) is 6.19. The summed E-state index contributed by atoms with van der Waals surface area (Å²) in [4.78, 5) is 25.2. The van der Waals surface area contributed by atoms with Crippen molar-refractivity contribution < 1.29 is 14.0 Å². The Hall–Kier alpha value is -3.20. The van der Waals surface area contributed by atoms with Gasteiger partial charge in [0.1, 0.15) is 5.82 Å². The summed E-state index contributed by atoms with van der Waals surface area (Å²) in [5.41, 5.74) is 2.81. The minimum atomic E-state index is -0.408. The van der Waals surface area contributed by atoms with E-state index in [9.17, 15) is 14.0 Å². The number of hydrogen-bond donors (Lipinski definition) is 2. The third-order valence-electron chi connectivity index (χ3n) is 5.19. The fraction of sp³-hybridized carbons (Fsp3) is 0.333. The van der Waals surface area contributed by atoms with Gasteiger partial charge in [0.2, 0.25) is 5.91 Å². The van der Waals surface area contributed by atoms with E-state index in [0.717, 1.165) is 11.1 Å². The number of carbonyl (C=O) groups excluding carboxylic acids is 2. The van der Waals surface area contributed by atoms with Crippen LogP contribution in [0.25, 0.3) is 0 Å². The van der Waals surface area contributed by atoms with E-state index in [4.69, 9.17) is 0 Å². The molecule has 9 heteroatoms. The summed E-state index contributed by atoms with van der Waals surface area (Å²) in [6.07, 6.45) is 0. The zero-order valence-corrected chi connectivity index (χ0v) is 20.2. The molecule has 3 rings (SSSR count). The van der Waals surface area contributed by atoms with Crippen molar-refractivity contribution in [1.82, 2.24) is 20.1 Å². The first kappa shape index (κ1) is 24.4. The van der Waals surface area contributed by atoms with Crippen LogP contribution >= 0.6 is 11.8 Å². The summed E-state index contributed by atoms with van der Waals surface area (Å²) in [6.45, 7) is 7.73. The van der Waals surface area contributed by atoms with Crippen LogP contribution in [0.5, 0.6) is 0 Å². The lowest BCUT2D eigenvalue weighted by Gasteiger charge is -2.21. The lowest BCUT2D eigenvalue weighted by atomic mass is 10.0. The van der Waals surface area contributed by atoms with E-state index < -0.39 is 5.82 Å². The normalized spacial score (nSPS) is 12.0. The van der Waals surface area contributed by atoms with E-state index in [0.29, 0.717) is 22.2 Å². The number of nitrogens with one attached hydrogen (secondary N) is 2. The number of anilines is 1. The fourth-order valence-corrected chi connectivity index (χ4v) is 4.03. The number of hydrogen-bond acceptors (Lipinski definition) is 5. The third-order valence-corrected chi connectivity index (χ3v) is 6.21. The first-order valence-electron chi connectivity index (χ1n) is 10.6. The number of carbonyl (C=O) groups is 2. The largest absolute Gasteiger partial charge is 0.342 e. The van der Waals surface area contributed by atoms with Gasteiger partial charge in [0.15, 0.2) is 11.0 Å². The molecular weight excluding hydrogens is 441 g/mol. The van der Waals surface area contributed by atoms with Crippen LogP contribution in [-0.4, -0.2) is 32.3 Å². The molecule has 174 valence electrons. The van der Waals surface area contributed by atoms with Crippen LogP contribution in [0.2, 0.25) is 0 Å². The van der Waals surface area contributed by atoms with Crippen molar-refractivity contribution in [2.75, 3.05) is 11.1 Å². The quantitative estimate of drug-likeness (QED) is 0.477. The van der Waals surface area contributed by atoms with Crippen molar-refractivity contribution >= 4 is 29.3 Å². The smallest absolute Gasteiger partial charge is 0.251 e. The van der Waals surface area contributed by atoms with Crippen molar-refractivity contribution in [2.24, 2.45) is 13.0 Å². The number of nitrogens with zero attached hydrogens (tertiary/aromatic N) is 3. The summed E-state index contributed by atoms with van der Waals surface area (Å²) in [6, 6.07) is 11.3. The number of amides is 2. The van der Waals surface area contributed by atoms with Gasteiger partial charge in [-0.1, -0.05) is 49.4 Å². The summed E-state index contributed by atoms with van der Waals surface area (Å²) >= 11 is 1.22. The maximum atomic E-state index is 13.5. The second kappa shape index (κ2) is 10.6. The summed E-state index contributed by atoms with van der Waals surface area (Å²) in [7, 11) is 1.81. The summed E-state index contributed by atoms with van der Waals surface area (Å²) in [5, 5.41) is 14.8. The molecule has 0 aliphatic carbocycles. The number of benzene rings is 2. The van der Waals surface area contributed by atoms with Gasteiger partial charge in [-0.2, -0.15) is 0 Å². The second-order valence-electron chi connectivity index (χ2n) is 8.26. The monoisotopic (exact) mass is 469 g/mol. The molecule has 7 nitrogen and oxygen atoms in total. The predicted molar refractivity (Wildman–Crippen MR) is 128 cm³/mol. The minimum absolute atomic E-state index is 0.0683. The van der Waals surface area contributed by atoms with Crippen molar-refractivity contribution in [3.63, 3.8) is 0 Å². The number of thioether (sulfide) groups is 1. The summed E-state index contributed by atoms with van der Waals surface area (Å²) in [5.74, 6) is -0.0994. The van der Waals surface area contributed by atoms with Gasteiger partial charge in [0, 0.05) is 18.3 Å². The average molecular weight is 470 g/mol. The van der Waals surface area contributed by atoms with Crippen LogP contribution in [-0.2, 0) is 11.8 Å². The Kier molecular flexibility index (Phi) is 7.86. The highest BCUT2D eigenvalue weighted by molar-refractivity contribution is 7.99. The molecule has 0 aliphatic rings. The Morgan fingerprint density at radius 3 is 2.58 bits per heavy atom. The number of rotatable bonds is 8. The SMILES string of the molecule is Cc1cccc(C(=O)N[C@H](c2nnc(SCC(=O)Nc3cc(F)ccc3C)n2C)C(C)C)c1. The average Bonchev–Trinajstić information content (AvgIpc) is 3.12. The molecule has 2 N–H and O–H groups in total. The van der Waals surface area contributed by atoms with Crippen molar-refractivity contribution in [3.05, 3.63) is 70.8 Å². The lowest BCUT2D eigenvalue weighted by Crippen LogP contribution is -2.33. The minimum Gasteiger partial charge on any atom is -0.342 e. The molecule has 0 unspecified atom stereocenters. The fourth-order valence-electron chi connectivity index (χ4n) is 3.31. The van der Waals surface area contributed by atoms with Gasteiger partial charge in [0.25, 0.3) is 5.91 Å². The van der Waals surface area contributed by atoms with Crippen molar-refractivity contribution in [3.8, 4) is 0 Å². The molecule has 1 aromatic heterocycles. The number of halogens is 1. The molecule has 3 aromatic rings. The molecule has 0 spiro atoms. The Bertz CT molecular complexity index is 1160. The van der Waals surface area contributed by atoms with E-state index in [2.05, 4.69) is 20.8 Å². The van der Waals surface area contributed by atoms with E-state index in [1.165, 1.54) is 23.9 Å². The zero-order valence-electron chi connectivity index (χ0n) is 19.3. The molecule has 33 heavy (non-hydrogen) atoms. The van der Waals surface area contributed by atoms with Crippen LogP contribution in [0.15, 0.2) is 47.6 Å². The van der Waals surface area contributed by atoms with Crippen molar-refractivity contribution in [1.29, 1.82) is 0 Å². The Balaban J connectivity index is 1.68. The van der Waals surface area contributed by atoms with Crippen LogP contribution in [0.3, 0.4) is 0 Å². The summed E-state index contributed by atoms with van der Waals surface area (Å²) < 4.78 is 15.2. The molecular formula is C24H28FN5O2S. The van der Waals surface area contributed by atoms with Crippen LogP contribution in [0, 0.1) is 25.6 Å². The van der Waals surface area contributed by atoms with Gasteiger partial charge >= 0.3 is 0 Å². The molecule has 0 saturated heterocycles. The van der Waals surface area contributed by atoms with Crippen LogP contribution < -0.4 is 10.6 Å². The highest BCUT2D eigenvalue weighted by Gasteiger charge is 2.25. The first-order valence-corrected chi connectivity index (χ1v) is 11.6. The molecule has 0 aliphatic heterocycles. The number of aryl methyl sites for hydroxylation is 2. The molecule has 2 amide bonds. The topological polar surface area (TPSA) is 88.9 Å². The van der Waals surface area contributed by atoms with Gasteiger partial charge in [0.05, 0.1) is 11.8 Å². The van der Waals surface area contributed by atoms with Crippen LogP contribution in [0.4, 0.5) is 10.1 Å². The first-order chi connectivity index (χ1) is 15.7. The zero-order chi connectivity index (χ0) is 24.1. The lowest BCUT2D eigenvalue weighted by molar-refractivity contribution is -0.113. The molecule has 0 bridgehead atoms. The molecule has 1 atom stereocenters. The Morgan fingerprint density at radius 2 is 1.88 bits per heavy atom. The maximum Gasteiger partial charge on any atom is 0.251 e. The molecule has 2 aromatic carbocycles. The van der Waals surface area contributed by atoms with E-state index in [1.807, 2.05) is 39.0 Å². The van der Waals surface area contributed by atoms with E-state index in [-0.39, 0.29) is 29.5 Å². The van der Waals surface area contributed by atoms with Gasteiger partial charge < -0.3 is 15.2 Å². The molecule has 1 heterocycles. The second-order valence-corrected chi connectivity index (χ2v) is 9.20. The van der Waals surface area contributed by atoms with Gasteiger partial charge in [-0.3, -0.25) is 9.59 Å². The van der Waals surface area contributed by atoms with Gasteiger partial charge in [-0.05, 0) is 49.6 Å². The van der Waals surface area contributed by atoms with Crippen molar-refractivity contribution in [2.45, 2.75) is 38.9 Å². The Labute approximate surface area is 197 Å². The van der Waals surface area contributed by atoms with Gasteiger partial charge in [-0.15, -0.1) is 10.2 Å². The van der Waals surface area contributed by atoms with E-state index in [1.54, 1.807) is 30.7 Å². The highest BCUT2D eigenvalue weighted by Crippen LogP contribution is 2.25. The Morgan fingerprint density at radius 1 is 1.12 bits per heavy atom. The highest BCUT2D eigenvalue weighted by atomic mass is 32.2. The molecule has 0 saturated carbocycles. The molecule has 0 radical (unpaired) electrons. The van der Waals surface area contributed by atoms with Crippen LogP contribution in [0.1, 0.15) is 47.2 Å². The predicted octanol–water partition coefficient (Wildman–Crippen LogP) is 4.43. The molecule has 0 fully saturated rings. The van der Waals surface area contributed by atoms with E-state index >= 15 is 0 Å². The number of aromatic nitrogens is 3.